The van der Waals surface area contributed by atoms with Gasteiger partial charge in [0.1, 0.15) is 5.75 Å². The van der Waals surface area contributed by atoms with Gasteiger partial charge in [0, 0.05) is 13.1 Å². The van der Waals surface area contributed by atoms with Crippen molar-refractivity contribution in [1.29, 1.82) is 0 Å². The van der Waals surface area contributed by atoms with E-state index in [-0.39, 0.29) is 11.5 Å². The number of piperidine rings is 1. The van der Waals surface area contributed by atoms with Crippen molar-refractivity contribution < 1.29 is 32.5 Å². The average Bonchev–Trinajstić information content (AvgIpc) is 2.58. The molecule has 1 atom stereocenters. The number of hydrogen-bond donors (Lipinski definition) is 1. The van der Waals surface area contributed by atoms with E-state index in [0.717, 1.165) is 18.6 Å². The van der Waals surface area contributed by atoms with Crippen LogP contribution in [0.3, 0.4) is 0 Å². The second-order valence-electron chi connectivity index (χ2n) is 7.04. The fourth-order valence-electron chi connectivity index (χ4n) is 3.66. The standard InChI is InChI=1S/C18H22F3NO4/c19-18(20,21)15(12-23)26-16(24)22-8-6-17(7-9-22)10-14(11-17)25-13-4-2-1-3-5-13/h1-5,14-15,23H,6-12H2/t15-/m1/s1. The SMILES string of the molecule is O=C(O[C@H](CO)C(F)(F)F)N1CCC2(CC1)CC(Oc1ccccc1)C2. The van der Waals surface area contributed by atoms with Gasteiger partial charge in [-0.2, -0.15) is 13.2 Å². The molecule has 1 heterocycles. The Morgan fingerprint density at radius 2 is 1.85 bits per heavy atom. The van der Waals surface area contributed by atoms with Crippen LogP contribution in [0.2, 0.25) is 0 Å². The van der Waals surface area contributed by atoms with E-state index in [9.17, 15) is 18.0 Å². The Labute approximate surface area is 149 Å². The summed E-state index contributed by atoms with van der Waals surface area (Å²) in [4.78, 5) is 13.2. The summed E-state index contributed by atoms with van der Waals surface area (Å²) in [5.74, 6) is 0.829. The third kappa shape index (κ3) is 4.23. The first-order valence-corrected chi connectivity index (χ1v) is 8.66. The lowest BCUT2D eigenvalue weighted by atomic mass is 9.61. The molecule has 8 heteroatoms. The minimum absolute atomic E-state index is 0.0939. The lowest BCUT2D eigenvalue weighted by Crippen LogP contribution is -2.52. The lowest BCUT2D eigenvalue weighted by molar-refractivity contribution is -0.215. The van der Waals surface area contributed by atoms with Crippen LogP contribution >= 0.6 is 0 Å². The summed E-state index contributed by atoms with van der Waals surface area (Å²) in [6.45, 7) is -0.564. The maximum absolute atomic E-state index is 12.6. The summed E-state index contributed by atoms with van der Waals surface area (Å²) in [6, 6.07) is 9.55. The van der Waals surface area contributed by atoms with Gasteiger partial charge in [-0.25, -0.2) is 4.79 Å². The first-order valence-electron chi connectivity index (χ1n) is 8.66. The largest absolute Gasteiger partial charge is 0.490 e. The van der Waals surface area contributed by atoms with Gasteiger partial charge in [-0.05, 0) is 43.2 Å². The van der Waals surface area contributed by atoms with Crippen molar-refractivity contribution in [3.05, 3.63) is 30.3 Å². The first kappa shape index (κ1) is 18.8. The molecular formula is C18H22F3NO4. The summed E-state index contributed by atoms with van der Waals surface area (Å²) in [5.41, 5.74) is 0.0939. The van der Waals surface area contributed by atoms with Crippen molar-refractivity contribution in [3.8, 4) is 5.75 Å². The Hall–Kier alpha value is -1.96. The molecule has 1 aromatic rings. The van der Waals surface area contributed by atoms with E-state index in [1.165, 1.54) is 4.90 Å². The molecule has 2 fully saturated rings. The number of amides is 1. The number of carbonyl (C=O) groups is 1. The average molecular weight is 373 g/mol. The number of ether oxygens (including phenoxy) is 2. The number of aliphatic hydroxyl groups is 1. The highest BCUT2D eigenvalue weighted by Crippen LogP contribution is 2.50. The first-order chi connectivity index (χ1) is 12.3. The number of alkyl halides is 3. The summed E-state index contributed by atoms with van der Waals surface area (Å²) >= 11 is 0. The number of hydrogen-bond acceptors (Lipinski definition) is 4. The zero-order chi connectivity index (χ0) is 18.8. The van der Waals surface area contributed by atoms with Crippen molar-refractivity contribution in [2.75, 3.05) is 19.7 Å². The highest BCUT2D eigenvalue weighted by molar-refractivity contribution is 5.68. The van der Waals surface area contributed by atoms with Gasteiger partial charge in [0.05, 0.1) is 12.7 Å². The number of benzene rings is 1. The molecule has 3 rings (SSSR count). The van der Waals surface area contributed by atoms with Crippen LogP contribution < -0.4 is 4.74 Å². The van der Waals surface area contributed by atoms with Crippen LogP contribution in [0.4, 0.5) is 18.0 Å². The molecule has 5 nitrogen and oxygen atoms in total. The molecule has 1 aromatic carbocycles. The lowest BCUT2D eigenvalue weighted by Gasteiger charge is -2.51. The molecule has 1 saturated carbocycles. The molecule has 0 unspecified atom stereocenters. The van der Waals surface area contributed by atoms with E-state index in [4.69, 9.17) is 9.84 Å². The Morgan fingerprint density at radius 1 is 1.23 bits per heavy atom. The zero-order valence-corrected chi connectivity index (χ0v) is 14.2. The van der Waals surface area contributed by atoms with Crippen molar-refractivity contribution in [3.63, 3.8) is 0 Å². The summed E-state index contributed by atoms with van der Waals surface area (Å²) in [7, 11) is 0. The van der Waals surface area contributed by atoms with E-state index in [1.54, 1.807) is 0 Å². The van der Waals surface area contributed by atoms with E-state index >= 15 is 0 Å². The molecule has 1 aliphatic carbocycles. The summed E-state index contributed by atoms with van der Waals surface area (Å²) in [5, 5.41) is 8.76. The molecule has 0 radical (unpaired) electrons. The van der Waals surface area contributed by atoms with Gasteiger partial charge in [0.25, 0.3) is 0 Å². The van der Waals surface area contributed by atoms with Crippen molar-refractivity contribution in [2.24, 2.45) is 5.41 Å². The van der Waals surface area contributed by atoms with Crippen LogP contribution in [0, 0.1) is 5.41 Å². The van der Waals surface area contributed by atoms with Crippen LogP contribution in [0.5, 0.6) is 5.75 Å². The Bertz CT molecular complexity index is 607. The van der Waals surface area contributed by atoms with Crippen LogP contribution in [-0.2, 0) is 4.74 Å². The Balaban J connectivity index is 1.44. The summed E-state index contributed by atoms with van der Waals surface area (Å²) in [6.07, 6.45) is -4.93. The molecule has 1 aliphatic heterocycles. The van der Waals surface area contributed by atoms with Crippen molar-refractivity contribution in [1.82, 2.24) is 4.90 Å². The van der Waals surface area contributed by atoms with E-state index < -0.39 is 25.0 Å². The molecule has 2 aliphatic rings. The van der Waals surface area contributed by atoms with Gasteiger partial charge in [0.2, 0.25) is 6.10 Å². The fraction of sp³-hybridized carbons (Fsp3) is 0.611. The molecule has 1 saturated heterocycles. The molecule has 0 aromatic heterocycles. The molecule has 1 N–H and O–H groups in total. The van der Waals surface area contributed by atoms with Gasteiger partial charge in [0.15, 0.2) is 0 Å². The van der Waals surface area contributed by atoms with Crippen LogP contribution in [0.25, 0.3) is 0 Å². The number of likely N-dealkylation sites (tertiary alicyclic amines) is 1. The van der Waals surface area contributed by atoms with E-state index in [1.807, 2.05) is 30.3 Å². The maximum Gasteiger partial charge on any atom is 0.427 e. The Kier molecular flexibility index (Phi) is 5.32. The topological polar surface area (TPSA) is 59.0 Å². The quantitative estimate of drug-likeness (QED) is 0.879. The molecular weight excluding hydrogens is 351 g/mol. The number of carbonyl (C=O) groups excluding carboxylic acids is 1. The third-order valence-corrected chi connectivity index (χ3v) is 5.22. The predicted octanol–water partition coefficient (Wildman–Crippen LogP) is 3.37. The highest BCUT2D eigenvalue weighted by Gasteiger charge is 2.48. The minimum Gasteiger partial charge on any atom is -0.490 e. The van der Waals surface area contributed by atoms with Crippen molar-refractivity contribution in [2.45, 2.75) is 44.1 Å². The van der Waals surface area contributed by atoms with Gasteiger partial charge < -0.3 is 19.5 Å². The summed E-state index contributed by atoms with van der Waals surface area (Å²) < 4.78 is 48.1. The van der Waals surface area contributed by atoms with E-state index in [0.29, 0.717) is 25.9 Å². The molecule has 1 spiro atoms. The Morgan fingerprint density at radius 3 is 2.38 bits per heavy atom. The monoisotopic (exact) mass is 373 g/mol. The maximum atomic E-state index is 12.6. The normalized spacial score (nSPS) is 21.2. The zero-order valence-electron chi connectivity index (χ0n) is 14.2. The van der Waals surface area contributed by atoms with Crippen LogP contribution in [0.1, 0.15) is 25.7 Å². The van der Waals surface area contributed by atoms with Crippen LogP contribution in [-0.4, -0.2) is 54.2 Å². The molecule has 1 amide bonds. The number of nitrogens with zero attached hydrogens (tertiary/aromatic N) is 1. The predicted molar refractivity (Wildman–Crippen MR) is 86.7 cm³/mol. The number of halogens is 3. The van der Waals surface area contributed by atoms with Gasteiger partial charge in [-0.1, -0.05) is 18.2 Å². The second-order valence-corrected chi connectivity index (χ2v) is 7.04. The smallest absolute Gasteiger partial charge is 0.427 e. The van der Waals surface area contributed by atoms with E-state index in [2.05, 4.69) is 4.74 Å². The molecule has 144 valence electrons. The van der Waals surface area contributed by atoms with Gasteiger partial charge in [-0.3, -0.25) is 0 Å². The number of para-hydroxylation sites is 1. The van der Waals surface area contributed by atoms with Gasteiger partial charge in [-0.15, -0.1) is 0 Å². The number of rotatable bonds is 4. The van der Waals surface area contributed by atoms with Gasteiger partial charge >= 0.3 is 12.3 Å². The molecule has 0 bridgehead atoms. The number of aliphatic hydroxyl groups excluding tert-OH is 1. The minimum atomic E-state index is -4.77. The van der Waals surface area contributed by atoms with Crippen LogP contribution in [0.15, 0.2) is 30.3 Å². The highest BCUT2D eigenvalue weighted by atomic mass is 19.4. The molecule has 26 heavy (non-hydrogen) atoms. The van der Waals surface area contributed by atoms with Crippen molar-refractivity contribution >= 4 is 6.09 Å². The third-order valence-electron chi connectivity index (χ3n) is 5.22. The fourth-order valence-corrected chi connectivity index (χ4v) is 3.66. The second kappa shape index (κ2) is 7.34.